The Morgan fingerprint density at radius 1 is 1.23 bits per heavy atom. The van der Waals surface area contributed by atoms with E-state index in [9.17, 15) is 24.9 Å². The van der Waals surface area contributed by atoms with Gasteiger partial charge >= 0.3 is 223 Å². The molecule has 5 N–H and O–H groups in total. The van der Waals surface area contributed by atoms with Gasteiger partial charge in [0.15, 0.2) is 0 Å². The van der Waals surface area contributed by atoms with Gasteiger partial charge in [0.05, 0.1) is 0 Å². The van der Waals surface area contributed by atoms with Crippen LogP contribution in [0.15, 0.2) is 28.7 Å². The molecule has 0 fully saturated rings. The third kappa shape index (κ3) is 5.29. The summed E-state index contributed by atoms with van der Waals surface area (Å²) in [5.41, 5.74) is 6.17. The van der Waals surface area contributed by atoms with Crippen molar-refractivity contribution in [3.05, 3.63) is 45.4 Å². The Morgan fingerprint density at radius 3 is 2.40 bits per heavy atom. The number of carbonyl (C=O) groups is 2. The van der Waals surface area contributed by atoms with E-state index in [1.54, 1.807) is 19.0 Å². The number of hydrogen-bond acceptors (Lipinski definition) is 9. The van der Waals surface area contributed by atoms with E-state index in [0.29, 0.717) is 30.2 Å². The number of aliphatic hydroxyl groups is 3. The normalized spacial score (nSPS) is 25.3. The topological polar surface area (TPSA) is 140 Å². The molecule has 0 spiro atoms. The van der Waals surface area contributed by atoms with E-state index < -0.39 is 40.9 Å². The van der Waals surface area contributed by atoms with E-state index in [4.69, 9.17) is 10.5 Å². The number of methoxy groups -OCH3 is 1. The van der Waals surface area contributed by atoms with Gasteiger partial charge in [-0.05, 0) is 12.3 Å². The zero-order valence-electron chi connectivity index (χ0n) is 26.8. The van der Waals surface area contributed by atoms with Crippen molar-refractivity contribution in [1.29, 1.82) is 0 Å². The maximum absolute atomic E-state index is 14.4. The van der Waals surface area contributed by atoms with Crippen molar-refractivity contribution in [2.45, 2.75) is 58.2 Å². The van der Waals surface area contributed by atoms with Gasteiger partial charge in [0, 0.05) is 0 Å². The van der Waals surface area contributed by atoms with Crippen LogP contribution in [0.1, 0.15) is 55.1 Å². The van der Waals surface area contributed by atoms with E-state index in [1.807, 2.05) is 25.1 Å². The molecule has 1 aromatic carbocycles. The second-order valence-electron chi connectivity index (χ2n) is 13.0. The van der Waals surface area contributed by atoms with Crippen LogP contribution >= 0.6 is 0 Å². The molecular weight excluding hydrogens is 547 g/mol. The number of carbonyl (C=O) groups excluding carboxylic acids is 2. The quantitative estimate of drug-likeness (QED) is 0.299. The monoisotopic (exact) mass is 594 g/mol. The van der Waals surface area contributed by atoms with Crippen LogP contribution in [0.5, 0.6) is 5.75 Å². The molecule has 1 amide bonds. The van der Waals surface area contributed by atoms with Crippen LogP contribution in [-0.2, 0) is 17.8 Å². The number of likely N-dealkylation sites (N-methyl/N-ethyl adjacent to an activating group) is 1. The van der Waals surface area contributed by atoms with Crippen molar-refractivity contribution in [2.75, 3.05) is 53.3 Å². The molecule has 0 unspecified atom stereocenters. The first-order chi connectivity index (χ1) is 20.1. The van der Waals surface area contributed by atoms with Gasteiger partial charge < -0.3 is 0 Å². The van der Waals surface area contributed by atoms with Crippen molar-refractivity contribution in [3.63, 3.8) is 0 Å². The fourth-order valence-electron chi connectivity index (χ4n) is 7.39. The van der Waals surface area contributed by atoms with Gasteiger partial charge in [-0.1, -0.05) is 20.8 Å². The summed E-state index contributed by atoms with van der Waals surface area (Å²) in [6.45, 7) is 9.08. The number of amides is 1. The van der Waals surface area contributed by atoms with Gasteiger partial charge in [-0.2, -0.15) is 0 Å². The van der Waals surface area contributed by atoms with Gasteiger partial charge in [-0.25, -0.2) is 0 Å². The first kappa shape index (κ1) is 32.8. The molecule has 10 nitrogen and oxygen atoms in total. The zero-order chi connectivity index (χ0) is 32.1. The number of hydrogen-bond donors (Lipinski definition) is 4. The van der Waals surface area contributed by atoms with Crippen LogP contribution in [0.3, 0.4) is 0 Å². The minimum absolute atomic E-state index is 0.0815. The van der Waals surface area contributed by atoms with E-state index in [2.05, 4.69) is 33.2 Å². The second-order valence-corrected chi connectivity index (χ2v) is 13.0. The summed E-state index contributed by atoms with van der Waals surface area (Å²) >= 11 is 0. The fraction of sp³-hybridized carbons (Fsp3) is 0.594. The van der Waals surface area contributed by atoms with Crippen LogP contribution < -0.4 is 15.4 Å². The molecule has 43 heavy (non-hydrogen) atoms. The predicted octanol–water partition coefficient (Wildman–Crippen LogP) is 1.86. The molecule has 11 heteroatoms. The molecule has 4 rings (SSSR count). The number of anilines is 1. The summed E-state index contributed by atoms with van der Waals surface area (Å²) in [6.07, 6.45) is 1.75. The number of ether oxygens (including phenoxy) is 1. The van der Waals surface area contributed by atoms with Crippen LogP contribution in [-0.4, -0.2) is 110 Å². The Balaban J connectivity index is 1.91. The van der Waals surface area contributed by atoms with Crippen molar-refractivity contribution in [3.8, 4) is 5.75 Å². The number of benzene rings is 1. The Bertz CT molecular complexity index is 1400. The molecule has 0 aliphatic heterocycles. The van der Waals surface area contributed by atoms with Crippen molar-refractivity contribution in [2.24, 2.45) is 23.5 Å². The predicted molar refractivity (Wildman–Crippen MR) is 170 cm³/mol. The van der Waals surface area contributed by atoms with E-state index in [1.165, 1.54) is 7.11 Å². The molecule has 0 heterocycles. The number of primary amides is 1. The number of rotatable bonds is 10. The zero-order valence-corrected chi connectivity index (χ0v) is 26.8. The molecule has 0 aromatic heterocycles. The average Bonchev–Trinajstić information content (AvgIpc) is 2.91. The Labute approximate surface area is 255 Å². The number of aliphatic hydroxyl groups excluding tert-OH is 2. The summed E-state index contributed by atoms with van der Waals surface area (Å²) in [7, 11) is 12.8. The Hall–Kier alpha value is -3.15. The minimum atomic E-state index is -2.17. The summed E-state index contributed by atoms with van der Waals surface area (Å²) in [5.74, 6) is -2.49. The number of fused-ring (bicyclic) bond motifs is 3. The van der Waals surface area contributed by atoms with Crippen LogP contribution in [0.4, 0.5) is 5.69 Å². The molecule has 0 radical (unpaired) electrons. The van der Waals surface area contributed by atoms with Crippen LogP contribution in [0, 0.1) is 17.8 Å². The number of Topliss-reactive ketones (excluding diaryl/α,β-unsaturated/α-hetero) is 1. The Morgan fingerprint density at radius 2 is 1.88 bits per heavy atom. The Kier molecular flexibility index (Phi) is 9.21. The van der Waals surface area contributed by atoms with Crippen LogP contribution in [0.25, 0.3) is 0 Å². The molecular formula is C32H47BN4O6. The first-order valence-electron chi connectivity index (χ1n) is 15.0. The molecule has 1 aromatic rings. The summed E-state index contributed by atoms with van der Waals surface area (Å²) < 4.78 is 5.80. The molecule has 0 saturated carbocycles. The van der Waals surface area contributed by atoms with Gasteiger partial charge in [-0.3, -0.25) is 0 Å². The summed E-state index contributed by atoms with van der Waals surface area (Å²) in [4.78, 5) is 32.9. The third-order valence-electron chi connectivity index (χ3n) is 9.48. The van der Waals surface area contributed by atoms with E-state index in [-0.39, 0.29) is 28.8 Å². The van der Waals surface area contributed by atoms with E-state index >= 15 is 0 Å². The third-order valence-corrected chi connectivity index (χ3v) is 9.48. The fourth-order valence-corrected chi connectivity index (χ4v) is 7.39. The summed E-state index contributed by atoms with van der Waals surface area (Å²) in [5, 5.41) is 35.1. The SMILES string of the molecule is B=C1C(C(N)=O)=C(O)[C@@H](N(C)C)[C@@H]2C[C@@H]3Cc4c(c(OC)cc(CN(CC)CCC(C)C)c4N(C)C)C(=O)C3=C(O)[C@]12O. The number of nitrogens with zero attached hydrogens (tertiary/aromatic N) is 3. The van der Waals surface area contributed by atoms with Gasteiger partial charge in [0.1, 0.15) is 0 Å². The molecule has 4 atom stereocenters. The number of nitrogens with two attached hydrogens (primary N) is 1. The maximum atomic E-state index is 14.4. The second kappa shape index (κ2) is 12.1. The van der Waals surface area contributed by atoms with Gasteiger partial charge in [-0.15, -0.1) is 0 Å². The van der Waals surface area contributed by atoms with Crippen molar-refractivity contribution in [1.82, 2.24) is 9.80 Å². The number of allylic oxidation sites excluding steroid dienone is 1. The van der Waals surface area contributed by atoms with Crippen molar-refractivity contribution < 1.29 is 29.6 Å². The molecule has 234 valence electrons. The van der Waals surface area contributed by atoms with Gasteiger partial charge in [0.25, 0.3) is 0 Å². The molecule has 0 bridgehead atoms. The average molecular weight is 595 g/mol. The summed E-state index contributed by atoms with van der Waals surface area (Å²) in [6, 6.07) is 1.07. The molecule has 3 aliphatic rings. The van der Waals surface area contributed by atoms with Crippen molar-refractivity contribution >= 4 is 30.3 Å². The molecule has 0 saturated heterocycles. The standard InChI is InChI=1S/C32H47BN4O6/c1-9-37(11-10-16(2)3)15-18-14-21(43-8)23-19(25(18)35(4)5)12-17-13-20-26(36(6)7)28(39)24(31(34)41)29(33)32(20,42)30(40)22(17)27(23)38/h14,16-17,20,26,33,39-40,42H,9-13,15H2,1-8H3,(H2,34,41)/t17-,20-,26-,32+/m0/s1. The van der Waals surface area contributed by atoms with E-state index in [0.717, 1.165) is 36.3 Å². The first-order valence-corrected chi connectivity index (χ1v) is 15.0. The number of ketones is 1. The molecule has 3 aliphatic carbocycles. The van der Waals surface area contributed by atoms with Gasteiger partial charge in [0.2, 0.25) is 0 Å². The van der Waals surface area contributed by atoms with Crippen LogP contribution in [0.2, 0.25) is 0 Å².